The first-order valence-electron chi connectivity index (χ1n) is 4.99. The van der Waals surface area contributed by atoms with Crippen molar-refractivity contribution in [2.24, 2.45) is 5.92 Å². The van der Waals surface area contributed by atoms with Gasteiger partial charge in [0.15, 0.2) is 0 Å². The molecule has 0 saturated heterocycles. The van der Waals surface area contributed by atoms with Gasteiger partial charge in [0.2, 0.25) is 0 Å². The van der Waals surface area contributed by atoms with Gasteiger partial charge in [-0.3, -0.25) is 4.79 Å². The highest BCUT2D eigenvalue weighted by atomic mass is 16.4. The van der Waals surface area contributed by atoms with Crippen LogP contribution in [0.4, 0.5) is 4.79 Å². The third-order valence-corrected chi connectivity index (χ3v) is 2.19. The molecule has 1 aliphatic rings. The normalized spacial score (nSPS) is 14.4. The number of carbonyl (C=O) groups is 2. The van der Waals surface area contributed by atoms with E-state index in [1.165, 1.54) is 4.90 Å². The lowest BCUT2D eigenvalue weighted by molar-refractivity contribution is -0.137. The largest absolute Gasteiger partial charge is 0.480 e. The number of rotatable bonds is 6. The van der Waals surface area contributed by atoms with E-state index in [9.17, 15) is 9.59 Å². The summed E-state index contributed by atoms with van der Waals surface area (Å²) in [4.78, 5) is 23.4. The minimum absolute atomic E-state index is 0.237. The number of aliphatic carboxylic acids is 1. The van der Waals surface area contributed by atoms with Gasteiger partial charge in [0, 0.05) is 13.1 Å². The maximum absolute atomic E-state index is 11.5. The number of urea groups is 1. The summed E-state index contributed by atoms with van der Waals surface area (Å²) in [5.41, 5.74) is 0. The highest BCUT2D eigenvalue weighted by molar-refractivity contribution is 5.80. The lowest BCUT2D eigenvalue weighted by Crippen LogP contribution is -2.43. The predicted molar refractivity (Wildman–Crippen MR) is 55.5 cm³/mol. The van der Waals surface area contributed by atoms with Crippen LogP contribution in [-0.4, -0.2) is 41.6 Å². The second kappa shape index (κ2) is 5.38. The van der Waals surface area contributed by atoms with Crippen LogP contribution in [0.5, 0.6) is 0 Å². The van der Waals surface area contributed by atoms with Crippen LogP contribution in [0.3, 0.4) is 0 Å². The van der Waals surface area contributed by atoms with Crippen molar-refractivity contribution in [3.8, 4) is 0 Å². The number of hydrogen-bond acceptors (Lipinski definition) is 2. The standard InChI is InChI=1S/C10H16N2O3/c1-2-5-11-10(15)12(7-9(13)14)6-8-3-4-8/h2,8H,1,3-7H2,(H,11,15)(H,13,14). The highest BCUT2D eigenvalue weighted by Gasteiger charge is 2.27. The van der Waals surface area contributed by atoms with Crippen LogP contribution in [0.1, 0.15) is 12.8 Å². The molecular weight excluding hydrogens is 196 g/mol. The minimum Gasteiger partial charge on any atom is -0.480 e. The highest BCUT2D eigenvalue weighted by Crippen LogP contribution is 2.29. The van der Waals surface area contributed by atoms with Gasteiger partial charge in [0.25, 0.3) is 0 Å². The Labute approximate surface area is 88.8 Å². The van der Waals surface area contributed by atoms with Gasteiger partial charge in [-0.05, 0) is 18.8 Å². The molecule has 1 saturated carbocycles. The lowest BCUT2D eigenvalue weighted by atomic mass is 10.3. The molecule has 0 aliphatic heterocycles. The Morgan fingerprint density at radius 3 is 2.67 bits per heavy atom. The molecule has 1 rings (SSSR count). The molecule has 2 amide bonds. The Bertz CT molecular complexity index is 261. The van der Waals surface area contributed by atoms with Crippen LogP contribution in [0.2, 0.25) is 0 Å². The number of carboxylic acids is 1. The molecule has 0 radical (unpaired) electrons. The first-order valence-corrected chi connectivity index (χ1v) is 4.99. The van der Waals surface area contributed by atoms with Gasteiger partial charge in [0.05, 0.1) is 0 Å². The number of hydrogen-bond donors (Lipinski definition) is 2. The van der Waals surface area contributed by atoms with Crippen LogP contribution in [0, 0.1) is 5.92 Å². The first-order chi connectivity index (χ1) is 7.13. The van der Waals surface area contributed by atoms with Crippen molar-refractivity contribution in [2.75, 3.05) is 19.6 Å². The third kappa shape index (κ3) is 4.49. The molecule has 0 heterocycles. The van der Waals surface area contributed by atoms with Crippen LogP contribution in [0.25, 0.3) is 0 Å². The van der Waals surface area contributed by atoms with Crippen LogP contribution in [-0.2, 0) is 4.79 Å². The lowest BCUT2D eigenvalue weighted by Gasteiger charge is -2.20. The Balaban J connectivity index is 2.40. The van der Waals surface area contributed by atoms with Crippen LogP contribution >= 0.6 is 0 Å². The molecule has 0 aromatic rings. The number of amides is 2. The summed E-state index contributed by atoms with van der Waals surface area (Å²) in [6.45, 7) is 4.14. The summed E-state index contributed by atoms with van der Waals surface area (Å²) < 4.78 is 0. The van der Waals surface area contributed by atoms with Crippen molar-refractivity contribution in [2.45, 2.75) is 12.8 Å². The predicted octanol–water partition coefficient (Wildman–Crippen LogP) is 0.679. The molecular formula is C10H16N2O3. The molecule has 5 heteroatoms. The Kier molecular flexibility index (Phi) is 4.15. The summed E-state index contributed by atoms with van der Waals surface area (Å²) in [7, 11) is 0. The van der Waals surface area contributed by atoms with E-state index in [1.807, 2.05) is 0 Å². The van der Waals surface area contributed by atoms with Crippen molar-refractivity contribution in [3.05, 3.63) is 12.7 Å². The number of carbonyl (C=O) groups excluding carboxylic acids is 1. The number of carboxylic acid groups (broad SMARTS) is 1. The topological polar surface area (TPSA) is 69.6 Å². The zero-order valence-electron chi connectivity index (χ0n) is 8.61. The van der Waals surface area contributed by atoms with Gasteiger partial charge in [0.1, 0.15) is 6.54 Å². The van der Waals surface area contributed by atoms with E-state index in [4.69, 9.17) is 5.11 Å². The van der Waals surface area contributed by atoms with Crippen LogP contribution in [0.15, 0.2) is 12.7 Å². The maximum Gasteiger partial charge on any atom is 0.323 e. The van der Waals surface area contributed by atoms with Crippen molar-refractivity contribution in [1.29, 1.82) is 0 Å². The fourth-order valence-corrected chi connectivity index (χ4v) is 1.27. The van der Waals surface area contributed by atoms with E-state index in [0.717, 1.165) is 12.8 Å². The van der Waals surface area contributed by atoms with Gasteiger partial charge >= 0.3 is 12.0 Å². The molecule has 2 N–H and O–H groups in total. The zero-order chi connectivity index (χ0) is 11.3. The molecule has 0 atom stereocenters. The second-order valence-electron chi connectivity index (χ2n) is 3.69. The molecule has 1 aliphatic carbocycles. The van der Waals surface area contributed by atoms with Crippen molar-refractivity contribution >= 4 is 12.0 Å². The van der Waals surface area contributed by atoms with E-state index in [0.29, 0.717) is 19.0 Å². The molecule has 0 unspecified atom stereocenters. The fourth-order valence-electron chi connectivity index (χ4n) is 1.27. The number of nitrogens with zero attached hydrogens (tertiary/aromatic N) is 1. The summed E-state index contributed by atoms with van der Waals surface area (Å²) in [5.74, 6) is -0.497. The first kappa shape index (κ1) is 11.6. The summed E-state index contributed by atoms with van der Waals surface area (Å²) >= 11 is 0. The fraction of sp³-hybridized carbons (Fsp3) is 0.600. The SMILES string of the molecule is C=CCNC(=O)N(CC(=O)O)CC1CC1. The van der Waals surface area contributed by atoms with E-state index >= 15 is 0 Å². The average Bonchev–Trinajstić information content (AvgIpc) is 2.96. The molecule has 0 aromatic carbocycles. The van der Waals surface area contributed by atoms with Gasteiger partial charge in [-0.1, -0.05) is 6.08 Å². The minimum atomic E-state index is -0.982. The Hall–Kier alpha value is -1.52. The molecule has 0 spiro atoms. The van der Waals surface area contributed by atoms with Crippen molar-refractivity contribution in [3.63, 3.8) is 0 Å². The van der Waals surface area contributed by atoms with Crippen molar-refractivity contribution in [1.82, 2.24) is 10.2 Å². The maximum atomic E-state index is 11.5. The zero-order valence-corrected chi connectivity index (χ0v) is 8.61. The van der Waals surface area contributed by atoms with Gasteiger partial charge < -0.3 is 15.3 Å². The number of nitrogens with one attached hydrogen (secondary N) is 1. The smallest absolute Gasteiger partial charge is 0.323 e. The third-order valence-electron chi connectivity index (χ3n) is 2.19. The van der Waals surface area contributed by atoms with E-state index in [1.54, 1.807) is 6.08 Å². The molecule has 0 bridgehead atoms. The molecule has 5 nitrogen and oxygen atoms in total. The van der Waals surface area contributed by atoms with Gasteiger partial charge in [-0.2, -0.15) is 0 Å². The van der Waals surface area contributed by atoms with E-state index < -0.39 is 5.97 Å². The monoisotopic (exact) mass is 212 g/mol. The quantitative estimate of drug-likeness (QED) is 0.636. The van der Waals surface area contributed by atoms with Gasteiger partial charge in [-0.25, -0.2) is 4.79 Å². The summed E-state index contributed by atoms with van der Waals surface area (Å²) in [5, 5.41) is 11.2. The molecule has 1 fully saturated rings. The van der Waals surface area contributed by atoms with Crippen LogP contribution < -0.4 is 5.32 Å². The molecule has 84 valence electrons. The average molecular weight is 212 g/mol. The Morgan fingerprint density at radius 2 is 2.20 bits per heavy atom. The summed E-state index contributed by atoms with van der Waals surface area (Å²) in [6, 6.07) is -0.329. The van der Waals surface area contributed by atoms with Crippen molar-refractivity contribution < 1.29 is 14.7 Å². The molecule has 0 aromatic heterocycles. The van der Waals surface area contributed by atoms with E-state index in [-0.39, 0.29) is 12.6 Å². The van der Waals surface area contributed by atoms with E-state index in [2.05, 4.69) is 11.9 Å². The molecule has 15 heavy (non-hydrogen) atoms. The second-order valence-corrected chi connectivity index (χ2v) is 3.69. The van der Waals surface area contributed by atoms with Gasteiger partial charge in [-0.15, -0.1) is 6.58 Å². The summed E-state index contributed by atoms with van der Waals surface area (Å²) in [6.07, 6.45) is 3.74. The Morgan fingerprint density at radius 1 is 1.53 bits per heavy atom.